The van der Waals surface area contributed by atoms with E-state index in [0.29, 0.717) is 5.95 Å². The Kier molecular flexibility index (Phi) is 1.71. The lowest BCUT2D eigenvalue weighted by atomic mass is 10.3. The lowest BCUT2D eigenvalue weighted by Gasteiger charge is -2.00. The number of fused-ring (bicyclic) bond motifs is 1. The molecule has 0 aliphatic rings. The summed E-state index contributed by atoms with van der Waals surface area (Å²) in [5.41, 5.74) is 0.878. The van der Waals surface area contributed by atoms with Gasteiger partial charge in [0.05, 0.1) is 0 Å². The maximum absolute atomic E-state index is 4.30. The van der Waals surface area contributed by atoms with Crippen LogP contribution in [0, 0.1) is 0 Å². The molecule has 3 aromatic heterocycles. The van der Waals surface area contributed by atoms with Crippen molar-refractivity contribution >= 4 is 11.0 Å². The summed E-state index contributed by atoms with van der Waals surface area (Å²) in [4.78, 5) is 12.7. The summed E-state index contributed by atoms with van der Waals surface area (Å²) in [5, 5.41) is 1.09. The molecule has 3 rings (SSSR count). The van der Waals surface area contributed by atoms with Crippen molar-refractivity contribution in [3.05, 3.63) is 49.1 Å². The second-order valence-electron chi connectivity index (χ2n) is 3.15. The molecule has 4 heteroatoms. The van der Waals surface area contributed by atoms with E-state index in [-0.39, 0.29) is 0 Å². The summed E-state index contributed by atoms with van der Waals surface area (Å²) in [6.45, 7) is 0. The van der Waals surface area contributed by atoms with E-state index in [1.807, 2.05) is 29.0 Å². The van der Waals surface area contributed by atoms with Gasteiger partial charge in [-0.25, -0.2) is 15.0 Å². The van der Waals surface area contributed by atoms with Gasteiger partial charge in [0.15, 0.2) is 0 Å². The SMILES string of the molecule is c1cnc(-n2ccc3cccnc32)nc1. The second kappa shape index (κ2) is 3.16. The van der Waals surface area contributed by atoms with E-state index in [2.05, 4.69) is 15.0 Å². The summed E-state index contributed by atoms with van der Waals surface area (Å²) in [5.74, 6) is 0.645. The fourth-order valence-corrected chi connectivity index (χ4v) is 1.54. The topological polar surface area (TPSA) is 43.6 Å². The van der Waals surface area contributed by atoms with E-state index in [0.717, 1.165) is 11.0 Å². The zero-order valence-electron chi connectivity index (χ0n) is 7.91. The Morgan fingerprint density at radius 1 is 0.867 bits per heavy atom. The van der Waals surface area contributed by atoms with Gasteiger partial charge in [-0.3, -0.25) is 4.57 Å². The van der Waals surface area contributed by atoms with E-state index >= 15 is 0 Å². The van der Waals surface area contributed by atoms with Crippen molar-refractivity contribution in [3.63, 3.8) is 0 Å². The van der Waals surface area contributed by atoms with E-state index in [1.165, 1.54) is 0 Å². The molecule has 72 valence electrons. The normalized spacial score (nSPS) is 10.7. The van der Waals surface area contributed by atoms with Crippen molar-refractivity contribution in [1.29, 1.82) is 0 Å². The maximum atomic E-state index is 4.30. The summed E-state index contributed by atoms with van der Waals surface area (Å²) >= 11 is 0. The highest BCUT2D eigenvalue weighted by Gasteiger charge is 2.04. The monoisotopic (exact) mass is 196 g/mol. The molecule has 0 saturated carbocycles. The summed E-state index contributed by atoms with van der Waals surface area (Å²) in [6.07, 6.45) is 7.13. The highest BCUT2D eigenvalue weighted by molar-refractivity contribution is 5.77. The van der Waals surface area contributed by atoms with Crippen LogP contribution >= 0.6 is 0 Å². The van der Waals surface area contributed by atoms with E-state index < -0.39 is 0 Å². The smallest absolute Gasteiger partial charge is 0.235 e. The van der Waals surface area contributed by atoms with Gasteiger partial charge in [0, 0.05) is 30.2 Å². The maximum Gasteiger partial charge on any atom is 0.235 e. The molecule has 3 aromatic rings. The van der Waals surface area contributed by atoms with Crippen LogP contribution in [-0.2, 0) is 0 Å². The van der Waals surface area contributed by atoms with Gasteiger partial charge in [-0.05, 0) is 24.3 Å². The Bertz CT molecular complexity index is 586. The third-order valence-electron chi connectivity index (χ3n) is 2.22. The zero-order chi connectivity index (χ0) is 10.1. The zero-order valence-corrected chi connectivity index (χ0v) is 7.91. The molecule has 0 atom stereocenters. The number of hydrogen-bond acceptors (Lipinski definition) is 3. The van der Waals surface area contributed by atoms with Gasteiger partial charge in [-0.15, -0.1) is 0 Å². The summed E-state index contributed by atoms with van der Waals surface area (Å²) in [7, 11) is 0. The predicted molar refractivity (Wildman–Crippen MR) is 56.7 cm³/mol. The molecule has 0 fully saturated rings. The van der Waals surface area contributed by atoms with E-state index in [4.69, 9.17) is 0 Å². The fraction of sp³-hybridized carbons (Fsp3) is 0. The van der Waals surface area contributed by atoms with Gasteiger partial charge in [0.25, 0.3) is 0 Å². The van der Waals surface area contributed by atoms with Crippen LogP contribution in [0.3, 0.4) is 0 Å². The molecule has 0 aliphatic carbocycles. The molecule has 15 heavy (non-hydrogen) atoms. The van der Waals surface area contributed by atoms with Crippen molar-refractivity contribution in [3.8, 4) is 5.95 Å². The largest absolute Gasteiger partial charge is 0.269 e. The van der Waals surface area contributed by atoms with Gasteiger partial charge >= 0.3 is 0 Å². The molecule has 0 aliphatic heterocycles. The Hall–Kier alpha value is -2.23. The average molecular weight is 196 g/mol. The summed E-state index contributed by atoms with van der Waals surface area (Å²) < 4.78 is 1.87. The number of rotatable bonds is 1. The van der Waals surface area contributed by atoms with Gasteiger partial charge in [-0.2, -0.15) is 0 Å². The molecule has 0 unspecified atom stereocenters. The number of aromatic nitrogens is 4. The number of pyridine rings is 1. The first-order valence-electron chi connectivity index (χ1n) is 4.64. The second-order valence-corrected chi connectivity index (χ2v) is 3.15. The molecule has 0 amide bonds. The van der Waals surface area contributed by atoms with Gasteiger partial charge < -0.3 is 0 Å². The minimum atomic E-state index is 0.645. The standard InChI is InChI=1S/C11H8N4/c1-3-9-4-8-15(10(9)12-5-1)11-13-6-2-7-14-11/h1-8H. The fourth-order valence-electron chi connectivity index (χ4n) is 1.54. The molecular weight excluding hydrogens is 188 g/mol. The van der Waals surface area contributed by atoms with Crippen molar-refractivity contribution in [2.45, 2.75) is 0 Å². The molecule has 0 bridgehead atoms. The summed E-state index contributed by atoms with van der Waals surface area (Å²) in [6, 6.07) is 7.72. The molecule has 0 spiro atoms. The van der Waals surface area contributed by atoms with Crippen molar-refractivity contribution in [2.75, 3.05) is 0 Å². The third kappa shape index (κ3) is 1.27. The van der Waals surface area contributed by atoms with Crippen molar-refractivity contribution < 1.29 is 0 Å². The van der Waals surface area contributed by atoms with Crippen LogP contribution in [0.1, 0.15) is 0 Å². The molecule has 0 radical (unpaired) electrons. The van der Waals surface area contributed by atoms with Gasteiger partial charge in [0.2, 0.25) is 5.95 Å². The lowest BCUT2D eigenvalue weighted by molar-refractivity contribution is 0.949. The Morgan fingerprint density at radius 3 is 2.53 bits per heavy atom. The third-order valence-corrected chi connectivity index (χ3v) is 2.22. The van der Waals surface area contributed by atoms with Crippen LogP contribution in [0.15, 0.2) is 49.1 Å². The van der Waals surface area contributed by atoms with Crippen LogP contribution < -0.4 is 0 Å². The molecule has 0 N–H and O–H groups in total. The van der Waals surface area contributed by atoms with E-state index in [1.54, 1.807) is 24.7 Å². The highest BCUT2D eigenvalue weighted by atomic mass is 15.2. The molecular formula is C11H8N4. The first kappa shape index (κ1) is 8.11. The van der Waals surface area contributed by atoms with Crippen molar-refractivity contribution in [1.82, 2.24) is 19.5 Å². The minimum Gasteiger partial charge on any atom is -0.269 e. The number of hydrogen-bond donors (Lipinski definition) is 0. The molecule has 0 saturated heterocycles. The Labute approximate surface area is 86.2 Å². The first-order chi connectivity index (χ1) is 7.45. The van der Waals surface area contributed by atoms with Crippen LogP contribution in [0.5, 0.6) is 0 Å². The van der Waals surface area contributed by atoms with Gasteiger partial charge in [0.1, 0.15) is 5.65 Å². The molecule has 3 heterocycles. The highest BCUT2D eigenvalue weighted by Crippen LogP contribution is 2.14. The van der Waals surface area contributed by atoms with Crippen LogP contribution in [0.2, 0.25) is 0 Å². The average Bonchev–Trinajstić information content (AvgIpc) is 2.74. The Balaban J connectivity index is 2.28. The van der Waals surface area contributed by atoms with Gasteiger partial charge in [-0.1, -0.05) is 0 Å². The first-order valence-corrected chi connectivity index (χ1v) is 4.64. The molecule has 0 aromatic carbocycles. The predicted octanol–water partition coefficient (Wildman–Crippen LogP) is 1.82. The van der Waals surface area contributed by atoms with Crippen LogP contribution in [0.4, 0.5) is 0 Å². The Morgan fingerprint density at radius 2 is 1.67 bits per heavy atom. The minimum absolute atomic E-state index is 0.645. The van der Waals surface area contributed by atoms with E-state index in [9.17, 15) is 0 Å². The quantitative estimate of drug-likeness (QED) is 0.596. The van der Waals surface area contributed by atoms with Crippen LogP contribution in [-0.4, -0.2) is 19.5 Å². The molecule has 4 nitrogen and oxygen atoms in total. The van der Waals surface area contributed by atoms with Crippen LogP contribution in [0.25, 0.3) is 17.0 Å². The van der Waals surface area contributed by atoms with Crippen molar-refractivity contribution in [2.24, 2.45) is 0 Å². The number of nitrogens with zero attached hydrogens (tertiary/aromatic N) is 4. The lowest BCUT2D eigenvalue weighted by Crippen LogP contribution is -1.98.